The van der Waals surface area contributed by atoms with Crippen LogP contribution in [0.5, 0.6) is 0 Å². The van der Waals surface area contributed by atoms with Gasteiger partial charge in [0.15, 0.2) is 17.5 Å². The second kappa shape index (κ2) is 14.9. The van der Waals surface area contributed by atoms with E-state index in [2.05, 4.69) is 152 Å². The average molecular weight is 810 g/mol. The Morgan fingerprint density at radius 3 is 1.45 bits per heavy atom. The third-order valence-corrected chi connectivity index (χ3v) is 13.0. The van der Waals surface area contributed by atoms with E-state index in [9.17, 15) is 0 Å². The molecule has 0 unspecified atom stereocenters. The van der Waals surface area contributed by atoms with Gasteiger partial charge in [0.1, 0.15) is 11.2 Å². The molecule has 0 radical (unpaired) electrons. The zero-order chi connectivity index (χ0) is 41.0. The monoisotopic (exact) mass is 809 g/mol. The predicted molar refractivity (Wildman–Crippen MR) is 258 cm³/mol. The summed E-state index contributed by atoms with van der Waals surface area (Å²) in [5.41, 5.74) is 14.0. The van der Waals surface area contributed by atoms with E-state index in [0.29, 0.717) is 17.5 Å². The Kier molecular flexibility index (Phi) is 8.65. The molecular weight excluding hydrogens is 775 g/mol. The van der Waals surface area contributed by atoms with Crippen LogP contribution in [-0.4, -0.2) is 15.0 Å². The number of aromatic nitrogens is 3. The number of para-hydroxylation sites is 1. The van der Waals surface area contributed by atoms with Gasteiger partial charge in [0.25, 0.3) is 0 Å². The van der Waals surface area contributed by atoms with Gasteiger partial charge < -0.3 is 4.42 Å². The zero-order valence-corrected chi connectivity index (χ0v) is 34.2. The van der Waals surface area contributed by atoms with Crippen molar-refractivity contribution in [2.24, 2.45) is 0 Å². The molecule has 290 valence electrons. The van der Waals surface area contributed by atoms with Crippen LogP contribution in [-0.2, 0) is 0 Å². The first-order valence-corrected chi connectivity index (χ1v) is 21.6. The molecule has 12 aromatic rings. The maximum Gasteiger partial charge on any atom is 0.164 e. The smallest absolute Gasteiger partial charge is 0.164 e. The zero-order valence-electron chi connectivity index (χ0n) is 33.4. The molecular formula is C57H35N3OS. The van der Waals surface area contributed by atoms with E-state index >= 15 is 0 Å². The quantitative estimate of drug-likeness (QED) is 0.161. The van der Waals surface area contributed by atoms with Gasteiger partial charge >= 0.3 is 0 Å². The van der Waals surface area contributed by atoms with E-state index in [-0.39, 0.29) is 0 Å². The lowest BCUT2D eigenvalue weighted by Crippen LogP contribution is -2.00. The van der Waals surface area contributed by atoms with Crippen LogP contribution in [0.4, 0.5) is 0 Å². The average Bonchev–Trinajstić information content (AvgIpc) is 3.93. The molecule has 0 bridgehead atoms. The van der Waals surface area contributed by atoms with Crippen LogP contribution in [0.25, 0.3) is 121 Å². The standard InChI is InChI=1S/C57H35N3OS/c1-3-11-36(12-4-1)44-33-34-46-47-17-9-16-45(54(47)62-52(46)35-44)41-29-25-39(26-30-41)37-21-23-38(24-22-37)40-27-31-43(32-28-40)56-58-55(42-13-5-2-6-14-42)59-57(60-56)49-18-10-20-51-53(49)48-15-7-8-19-50(48)61-51/h1-35H. The van der Waals surface area contributed by atoms with Gasteiger partial charge in [-0.3, -0.25) is 0 Å². The summed E-state index contributed by atoms with van der Waals surface area (Å²) in [7, 11) is 0. The molecule has 3 aromatic heterocycles. The number of thiophene rings is 1. The fraction of sp³-hybridized carbons (Fsp3) is 0. The van der Waals surface area contributed by atoms with Gasteiger partial charge in [0.2, 0.25) is 0 Å². The van der Waals surface area contributed by atoms with E-state index in [1.165, 1.54) is 53.6 Å². The van der Waals surface area contributed by atoms with Crippen molar-refractivity contribution in [2.45, 2.75) is 0 Å². The topological polar surface area (TPSA) is 51.8 Å². The van der Waals surface area contributed by atoms with E-state index in [1.807, 2.05) is 72.0 Å². The number of furan rings is 1. The van der Waals surface area contributed by atoms with Crippen molar-refractivity contribution in [3.05, 3.63) is 212 Å². The van der Waals surface area contributed by atoms with Crippen LogP contribution in [0.3, 0.4) is 0 Å². The van der Waals surface area contributed by atoms with Crippen LogP contribution >= 0.6 is 11.3 Å². The highest BCUT2D eigenvalue weighted by molar-refractivity contribution is 7.26. The number of hydrogen-bond acceptors (Lipinski definition) is 5. The van der Waals surface area contributed by atoms with Crippen LogP contribution < -0.4 is 0 Å². The molecule has 0 aliphatic carbocycles. The number of fused-ring (bicyclic) bond motifs is 6. The minimum absolute atomic E-state index is 0.605. The van der Waals surface area contributed by atoms with Crippen molar-refractivity contribution in [3.8, 4) is 78.7 Å². The van der Waals surface area contributed by atoms with Crippen LogP contribution in [0.1, 0.15) is 0 Å². The van der Waals surface area contributed by atoms with Gasteiger partial charge in [-0.15, -0.1) is 11.3 Å². The van der Waals surface area contributed by atoms with Crippen molar-refractivity contribution in [2.75, 3.05) is 0 Å². The molecule has 0 atom stereocenters. The molecule has 12 rings (SSSR count). The highest BCUT2D eigenvalue weighted by Crippen LogP contribution is 2.42. The van der Waals surface area contributed by atoms with Gasteiger partial charge in [-0.05, 0) is 62.7 Å². The lowest BCUT2D eigenvalue weighted by molar-refractivity contribution is 0.669. The number of nitrogens with zero attached hydrogens (tertiary/aromatic N) is 3. The molecule has 0 spiro atoms. The largest absolute Gasteiger partial charge is 0.456 e. The third-order valence-electron chi connectivity index (χ3n) is 11.8. The van der Waals surface area contributed by atoms with Crippen LogP contribution in [0, 0.1) is 0 Å². The lowest BCUT2D eigenvalue weighted by atomic mass is 9.97. The minimum Gasteiger partial charge on any atom is -0.456 e. The fourth-order valence-corrected chi connectivity index (χ4v) is 9.93. The maximum absolute atomic E-state index is 6.22. The summed E-state index contributed by atoms with van der Waals surface area (Å²) in [6.45, 7) is 0. The summed E-state index contributed by atoms with van der Waals surface area (Å²) < 4.78 is 8.85. The van der Waals surface area contributed by atoms with Gasteiger partial charge in [0, 0.05) is 47.6 Å². The van der Waals surface area contributed by atoms with Crippen molar-refractivity contribution in [3.63, 3.8) is 0 Å². The van der Waals surface area contributed by atoms with Crippen LogP contribution in [0.2, 0.25) is 0 Å². The second-order valence-electron chi connectivity index (χ2n) is 15.5. The Bertz CT molecular complexity index is 3590. The van der Waals surface area contributed by atoms with E-state index in [4.69, 9.17) is 19.4 Å². The Balaban J connectivity index is 0.826. The summed E-state index contributed by atoms with van der Waals surface area (Å²) in [5.74, 6) is 1.84. The fourth-order valence-electron chi connectivity index (χ4n) is 8.65. The second-order valence-corrected chi connectivity index (χ2v) is 16.6. The summed E-state index contributed by atoms with van der Waals surface area (Å²) in [6, 6.07) is 74.7. The normalized spacial score (nSPS) is 11.5. The molecule has 5 heteroatoms. The highest BCUT2D eigenvalue weighted by Gasteiger charge is 2.18. The molecule has 3 heterocycles. The van der Waals surface area contributed by atoms with Crippen molar-refractivity contribution in [1.29, 1.82) is 0 Å². The highest BCUT2D eigenvalue weighted by atomic mass is 32.1. The lowest BCUT2D eigenvalue weighted by Gasteiger charge is -2.10. The minimum atomic E-state index is 0.605. The predicted octanol–water partition coefficient (Wildman–Crippen LogP) is 15.8. The first-order chi connectivity index (χ1) is 30.7. The van der Waals surface area contributed by atoms with Crippen molar-refractivity contribution >= 4 is 53.4 Å². The van der Waals surface area contributed by atoms with Crippen molar-refractivity contribution < 1.29 is 4.42 Å². The van der Waals surface area contributed by atoms with E-state index in [0.717, 1.165) is 49.8 Å². The maximum atomic E-state index is 6.22. The molecule has 0 N–H and O–H groups in total. The number of rotatable bonds is 7. The van der Waals surface area contributed by atoms with Crippen LogP contribution in [0.15, 0.2) is 217 Å². The van der Waals surface area contributed by atoms with Crippen molar-refractivity contribution in [1.82, 2.24) is 15.0 Å². The first kappa shape index (κ1) is 35.9. The summed E-state index contributed by atoms with van der Waals surface area (Å²) in [4.78, 5) is 15.1. The molecule has 0 saturated carbocycles. The molecule has 0 saturated heterocycles. The summed E-state index contributed by atoms with van der Waals surface area (Å²) >= 11 is 1.88. The van der Waals surface area contributed by atoms with Gasteiger partial charge in [0.05, 0.1) is 0 Å². The van der Waals surface area contributed by atoms with Gasteiger partial charge in [-0.2, -0.15) is 0 Å². The first-order valence-electron chi connectivity index (χ1n) is 20.7. The van der Waals surface area contributed by atoms with Gasteiger partial charge in [-0.1, -0.05) is 194 Å². The molecule has 62 heavy (non-hydrogen) atoms. The summed E-state index contributed by atoms with van der Waals surface area (Å²) in [5, 5.41) is 4.65. The third kappa shape index (κ3) is 6.35. The molecule has 0 fully saturated rings. The molecule has 0 aliphatic rings. The molecule has 0 amide bonds. The Morgan fingerprint density at radius 1 is 0.306 bits per heavy atom. The Labute approximate surface area is 362 Å². The number of hydrogen-bond donors (Lipinski definition) is 0. The molecule has 4 nitrogen and oxygen atoms in total. The van der Waals surface area contributed by atoms with E-state index in [1.54, 1.807) is 0 Å². The van der Waals surface area contributed by atoms with E-state index < -0.39 is 0 Å². The van der Waals surface area contributed by atoms with Gasteiger partial charge in [-0.25, -0.2) is 15.0 Å². The SMILES string of the molecule is c1ccc(-c2ccc3c(c2)sc2c(-c4ccc(-c5ccc(-c6ccc(-c7nc(-c8ccccc8)nc(-c8cccc9oc%10ccccc%10c89)n7)cc6)cc5)cc4)cccc23)cc1. The Morgan fingerprint density at radius 2 is 0.774 bits per heavy atom. The molecule has 0 aliphatic heterocycles. The number of benzene rings is 9. The molecule has 9 aromatic carbocycles. The summed E-state index contributed by atoms with van der Waals surface area (Å²) in [6.07, 6.45) is 0. The Hall–Kier alpha value is -7.99.